The van der Waals surface area contributed by atoms with Crippen molar-refractivity contribution in [2.45, 2.75) is 26.2 Å². The molecule has 0 amide bonds. The Balaban J connectivity index is 1.47. The summed E-state index contributed by atoms with van der Waals surface area (Å²) in [6.45, 7) is 5.28. The van der Waals surface area contributed by atoms with Gasteiger partial charge in [0.05, 0.1) is 19.3 Å². The van der Waals surface area contributed by atoms with E-state index in [1.807, 2.05) is 23.0 Å². The first kappa shape index (κ1) is 17.4. The van der Waals surface area contributed by atoms with Crippen LogP contribution in [0.15, 0.2) is 59.2 Å². The Morgan fingerprint density at radius 3 is 2.73 bits per heavy atom. The second kappa shape index (κ2) is 7.70. The molecule has 0 bridgehead atoms. The van der Waals surface area contributed by atoms with Crippen LogP contribution in [0.2, 0.25) is 0 Å². The van der Waals surface area contributed by atoms with Crippen LogP contribution in [0.1, 0.15) is 28.6 Å². The van der Waals surface area contributed by atoms with Crippen LogP contribution in [0.5, 0.6) is 0 Å². The molecule has 5 nitrogen and oxygen atoms in total. The molecule has 6 heteroatoms. The molecule has 1 aliphatic rings. The Bertz CT molecular complexity index is 895. The topological polar surface area (TPSA) is 43.2 Å². The van der Waals surface area contributed by atoms with Gasteiger partial charge in [0, 0.05) is 17.6 Å². The molecular formula is C20H21BrN4O. The van der Waals surface area contributed by atoms with E-state index in [0.29, 0.717) is 6.54 Å². The first-order valence-corrected chi connectivity index (χ1v) is 9.52. The summed E-state index contributed by atoms with van der Waals surface area (Å²) in [6, 6.07) is 16.8. The standard InChI is InChI=1S/C20H21BrN4O/c1-15-4-2-5-16(10-15)12-24-8-9-26-20(24)19-14-25(23-22-19)13-17-6-3-7-18(21)11-17/h2-7,10-11,14,20H,8-9,12-13H2,1H3. The molecule has 2 aromatic carbocycles. The normalized spacial score (nSPS) is 17.7. The molecule has 4 rings (SSSR count). The zero-order valence-corrected chi connectivity index (χ0v) is 16.3. The molecule has 1 aromatic heterocycles. The monoisotopic (exact) mass is 412 g/mol. The average molecular weight is 413 g/mol. The van der Waals surface area contributed by atoms with Gasteiger partial charge in [-0.15, -0.1) is 5.10 Å². The number of rotatable bonds is 5. The summed E-state index contributed by atoms with van der Waals surface area (Å²) in [7, 11) is 0. The van der Waals surface area contributed by atoms with Crippen molar-refractivity contribution >= 4 is 15.9 Å². The number of halogens is 1. The van der Waals surface area contributed by atoms with Crippen LogP contribution in [0, 0.1) is 6.92 Å². The van der Waals surface area contributed by atoms with Gasteiger partial charge in [-0.05, 0) is 30.2 Å². The van der Waals surface area contributed by atoms with Gasteiger partial charge >= 0.3 is 0 Å². The molecule has 1 atom stereocenters. The van der Waals surface area contributed by atoms with Crippen LogP contribution < -0.4 is 0 Å². The van der Waals surface area contributed by atoms with E-state index in [1.54, 1.807) is 0 Å². The highest BCUT2D eigenvalue weighted by molar-refractivity contribution is 9.10. The summed E-state index contributed by atoms with van der Waals surface area (Å²) in [5, 5.41) is 8.65. The molecule has 1 aliphatic heterocycles. The van der Waals surface area contributed by atoms with Gasteiger partial charge in [0.15, 0.2) is 6.23 Å². The van der Waals surface area contributed by atoms with Gasteiger partial charge in [-0.3, -0.25) is 4.90 Å². The molecule has 0 N–H and O–H groups in total. The average Bonchev–Trinajstić information content (AvgIpc) is 3.24. The summed E-state index contributed by atoms with van der Waals surface area (Å²) >= 11 is 3.51. The van der Waals surface area contributed by atoms with Crippen LogP contribution >= 0.6 is 15.9 Å². The molecule has 1 fully saturated rings. The van der Waals surface area contributed by atoms with Crippen molar-refractivity contribution in [2.24, 2.45) is 0 Å². The summed E-state index contributed by atoms with van der Waals surface area (Å²) in [6.07, 6.45) is 1.85. The molecular weight excluding hydrogens is 392 g/mol. The van der Waals surface area contributed by atoms with Crippen LogP contribution in [-0.4, -0.2) is 33.0 Å². The minimum atomic E-state index is -0.133. The molecule has 1 saturated heterocycles. The van der Waals surface area contributed by atoms with E-state index < -0.39 is 0 Å². The molecule has 0 aliphatic carbocycles. The number of hydrogen-bond acceptors (Lipinski definition) is 4. The van der Waals surface area contributed by atoms with Gasteiger partial charge in [-0.25, -0.2) is 4.68 Å². The van der Waals surface area contributed by atoms with Crippen molar-refractivity contribution in [3.05, 3.63) is 81.6 Å². The molecule has 1 unspecified atom stereocenters. The van der Waals surface area contributed by atoms with Crippen molar-refractivity contribution in [1.82, 2.24) is 19.9 Å². The van der Waals surface area contributed by atoms with Gasteiger partial charge in [-0.1, -0.05) is 63.1 Å². The van der Waals surface area contributed by atoms with Crippen LogP contribution in [0.3, 0.4) is 0 Å². The predicted octanol–water partition coefficient (Wildman–Crippen LogP) is 3.93. The predicted molar refractivity (Wildman–Crippen MR) is 104 cm³/mol. The van der Waals surface area contributed by atoms with Crippen molar-refractivity contribution in [3.8, 4) is 0 Å². The van der Waals surface area contributed by atoms with Crippen molar-refractivity contribution in [3.63, 3.8) is 0 Å². The van der Waals surface area contributed by atoms with Crippen LogP contribution in [-0.2, 0) is 17.8 Å². The number of ether oxygens (including phenoxy) is 1. The molecule has 3 aromatic rings. The molecule has 0 radical (unpaired) electrons. The van der Waals surface area contributed by atoms with E-state index in [1.165, 1.54) is 16.7 Å². The Labute approximate surface area is 161 Å². The summed E-state index contributed by atoms with van der Waals surface area (Å²) in [5.41, 5.74) is 4.62. The van der Waals surface area contributed by atoms with Gasteiger partial charge in [0.25, 0.3) is 0 Å². The van der Waals surface area contributed by atoms with Crippen molar-refractivity contribution < 1.29 is 4.74 Å². The summed E-state index contributed by atoms with van der Waals surface area (Å²) < 4.78 is 8.87. The molecule has 134 valence electrons. The fourth-order valence-electron chi connectivity index (χ4n) is 3.31. The largest absolute Gasteiger partial charge is 0.356 e. The fraction of sp³-hybridized carbons (Fsp3) is 0.300. The van der Waals surface area contributed by atoms with E-state index in [0.717, 1.165) is 29.9 Å². The highest BCUT2D eigenvalue weighted by Gasteiger charge is 2.29. The maximum Gasteiger partial charge on any atom is 0.157 e. The number of hydrogen-bond donors (Lipinski definition) is 0. The molecule has 26 heavy (non-hydrogen) atoms. The van der Waals surface area contributed by atoms with Crippen LogP contribution in [0.25, 0.3) is 0 Å². The number of aryl methyl sites for hydroxylation is 1. The van der Waals surface area contributed by atoms with Gasteiger partial charge in [0.1, 0.15) is 5.69 Å². The lowest BCUT2D eigenvalue weighted by Crippen LogP contribution is -2.23. The molecule has 0 spiro atoms. The number of benzene rings is 2. The molecule has 0 saturated carbocycles. The Kier molecular flexibility index (Phi) is 5.15. The minimum absolute atomic E-state index is 0.133. The second-order valence-corrected chi connectivity index (χ2v) is 7.57. The van der Waals surface area contributed by atoms with Crippen LogP contribution in [0.4, 0.5) is 0 Å². The van der Waals surface area contributed by atoms with E-state index in [9.17, 15) is 0 Å². The van der Waals surface area contributed by atoms with Crippen molar-refractivity contribution in [1.29, 1.82) is 0 Å². The maximum absolute atomic E-state index is 5.94. The summed E-state index contributed by atoms with van der Waals surface area (Å²) in [5.74, 6) is 0. The lowest BCUT2D eigenvalue weighted by atomic mass is 10.1. The smallest absolute Gasteiger partial charge is 0.157 e. The van der Waals surface area contributed by atoms with Gasteiger partial charge < -0.3 is 4.74 Å². The fourth-order valence-corrected chi connectivity index (χ4v) is 3.76. The molecule has 2 heterocycles. The zero-order valence-electron chi connectivity index (χ0n) is 14.7. The van der Waals surface area contributed by atoms with E-state index in [-0.39, 0.29) is 6.23 Å². The highest BCUT2D eigenvalue weighted by Crippen LogP contribution is 2.27. The first-order chi connectivity index (χ1) is 12.7. The lowest BCUT2D eigenvalue weighted by Gasteiger charge is -2.21. The third kappa shape index (κ3) is 4.03. The third-order valence-electron chi connectivity index (χ3n) is 4.50. The highest BCUT2D eigenvalue weighted by atomic mass is 79.9. The third-order valence-corrected chi connectivity index (χ3v) is 4.99. The SMILES string of the molecule is Cc1cccc(CN2CCOC2c2cn(Cc3cccc(Br)c3)nn2)c1. The quantitative estimate of drug-likeness (QED) is 0.636. The zero-order chi connectivity index (χ0) is 17.9. The van der Waals surface area contributed by atoms with Gasteiger partial charge in [0.2, 0.25) is 0 Å². The van der Waals surface area contributed by atoms with Gasteiger partial charge in [-0.2, -0.15) is 0 Å². The van der Waals surface area contributed by atoms with E-state index in [4.69, 9.17) is 4.74 Å². The van der Waals surface area contributed by atoms with E-state index >= 15 is 0 Å². The lowest BCUT2D eigenvalue weighted by molar-refractivity contribution is 0.0252. The summed E-state index contributed by atoms with van der Waals surface area (Å²) in [4.78, 5) is 2.31. The van der Waals surface area contributed by atoms with Crippen molar-refractivity contribution in [2.75, 3.05) is 13.2 Å². The number of nitrogens with zero attached hydrogens (tertiary/aromatic N) is 4. The van der Waals surface area contributed by atoms with E-state index in [2.05, 4.69) is 74.5 Å². The second-order valence-electron chi connectivity index (χ2n) is 6.65. The maximum atomic E-state index is 5.94. The Morgan fingerprint density at radius 2 is 1.92 bits per heavy atom. The number of aromatic nitrogens is 3. The Morgan fingerprint density at radius 1 is 1.12 bits per heavy atom. The minimum Gasteiger partial charge on any atom is -0.356 e. The Hall–Kier alpha value is -2.02. The first-order valence-electron chi connectivity index (χ1n) is 8.73.